The van der Waals surface area contributed by atoms with Crippen molar-refractivity contribution in [2.45, 2.75) is 48.3 Å². The van der Waals surface area contributed by atoms with E-state index in [-0.39, 0.29) is 24.3 Å². The number of benzene rings is 2. The maximum atomic E-state index is 13.8. The summed E-state index contributed by atoms with van der Waals surface area (Å²) in [7, 11) is 1.56. The summed E-state index contributed by atoms with van der Waals surface area (Å²) in [6, 6.07) is 13.7. The van der Waals surface area contributed by atoms with Crippen LogP contribution in [0.2, 0.25) is 0 Å². The largest absolute Gasteiger partial charge is 0.496 e. The van der Waals surface area contributed by atoms with Gasteiger partial charge < -0.3 is 20.5 Å². The van der Waals surface area contributed by atoms with Crippen LogP contribution in [0.3, 0.4) is 0 Å². The quantitative estimate of drug-likeness (QED) is 0.292. The highest BCUT2D eigenvalue weighted by Gasteiger charge is 2.25. The van der Waals surface area contributed by atoms with E-state index in [1.165, 1.54) is 23.9 Å². The molecule has 4 aromatic rings. The lowest BCUT2D eigenvalue weighted by Crippen LogP contribution is -2.29. The third kappa shape index (κ3) is 5.86. The van der Waals surface area contributed by atoms with Crippen molar-refractivity contribution in [2.75, 3.05) is 19.0 Å². The van der Waals surface area contributed by atoms with E-state index in [1.807, 2.05) is 18.2 Å². The van der Waals surface area contributed by atoms with Gasteiger partial charge in [0, 0.05) is 28.6 Å². The van der Waals surface area contributed by atoms with Crippen LogP contribution in [0.25, 0.3) is 16.9 Å². The average Bonchev–Trinajstić information content (AvgIpc) is 3.57. The molecule has 0 unspecified atom stereocenters. The molecule has 1 aliphatic rings. The molecule has 1 fully saturated rings. The molecule has 0 atom stereocenters. The molecule has 0 aliphatic heterocycles. The van der Waals surface area contributed by atoms with Gasteiger partial charge in [-0.05, 0) is 69.2 Å². The van der Waals surface area contributed by atoms with Crippen LogP contribution >= 0.6 is 11.8 Å². The van der Waals surface area contributed by atoms with Crippen molar-refractivity contribution in [1.82, 2.24) is 19.9 Å². The predicted molar refractivity (Wildman–Crippen MR) is 141 cm³/mol. The number of carbonyl (C=O) groups is 1. The summed E-state index contributed by atoms with van der Waals surface area (Å²) in [5.74, 6) is 0.0575. The van der Waals surface area contributed by atoms with Gasteiger partial charge in [0.05, 0.1) is 30.3 Å². The highest BCUT2D eigenvalue weighted by Crippen LogP contribution is 2.35. The molecule has 2 aromatic carbocycles. The van der Waals surface area contributed by atoms with Crippen molar-refractivity contribution >= 4 is 29.0 Å². The van der Waals surface area contributed by atoms with Crippen LogP contribution in [-0.2, 0) is 0 Å². The summed E-state index contributed by atoms with van der Waals surface area (Å²) in [5, 5.41) is 21.9. The molecular formula is C27H28FN5O3S. The van der Waals surface area contributed by atoms with E-state index in [4.69, 9.17) is 9.84 Å². The number of fused-ring (bicyclic) bond motifs is 1. The second-order valence-electron chi connectivity index (χ2n) is 9.66. The maximum absolute atomic E-state index is 13.8. The molecule has 5 rings (SSSR count). The van der Waals surface area contributed by atoms with Gasteiger partial charge in [0.1, 0.15) is 16.6 Å². The lowest BCUT2D eigenvalue weighted by Gasteiger charge is -2.19. The molecule has 0 radical (unpaired) electrons. The number of halogens is 1. The number of nitrogens with zero attached hydrogens (tertiary/aromatic N) is 3. The zero-order valence-electron chi connectivity index (χ0n) is 20.8. The number of amides is 1. The summed E-state index contributed by atoms with van der Waals surface area (Å²) < 4.78 is 21.1. The number of imidazole rings is 1. The van der Waals surface area contributed by atoms with E-state index in [9.17, 15) is 14.3 Å². The highest BCUT2D eigenvalue weighted by molar-refractivity contribution is 7.99. The predicted octanol–water partition coefficient (Wildman–Crippen LogP) is 4.77. The van der Waals surface area contributed by atoms with Gasteiger partial charge in [0.2, 0.25) is 0 Å². The first-order valence-electron chi connectivity index (χ1n) is 12.0. The second-order valence-corrected chi connectivity index (χ2v) is 10.8. The van der Waals surface area contributed by atoms with E-state index in [2.05, 4.69) is 15.6 Å². The highest BCUT2D eigenvalue weighted by atomic mass is 32.2. The van der Waals surface area contributed by atoms with Crippen molar-refractivity contribution < 1.29 is 19.0 Å². The maximum Gasteiger partial charge on any atom is 0.251 e. The number of rotatable bonds is 9. The fourth-order valence-corrected chi connectivity index (χ4v) is 4.67. The lowest BCUT2D eigenvalue weighted by atomic mass is 10.1. The van der Waals surface area contributed by atoms with Crippen molar-refractivity contribution in [2.24, 2.45) is 0 Å². The molecule has 0 bridgehead atoms. The van der Waals surface area contributed by atoms with Crippen LogP contribution in [0.4, 0.5) is 10.1 Å². The first-order valence-corrected chi connectivity index (χ1v) is 12.8. The minimum absolute atomic E-state index is 0.129. The van der Waals surface area contributed by atoms with Crippen LogP contribution in [0.1, 0.15) is 37.0 Å². The summed E-state index contributed by atoms with van der Waals surface area (Å²) in [6.45, 7) is 3.71. The van der Waals surface area contributed by atoms with Gasteiger partial charge in [-0.1, -0.05) is 17.8 Å². The van der Waals surface area contributed by atoms with Gasteiger partial charge in [-0.3, -0.25) is 4.79 Å². The number of aliphatic hydroxyl groups is 1. The number of hydrogen-bond donors (Lipinski definition) is 3. The number of carbonyl (C=O) groups excluding carboxylic acids is 1. The number of aromatic nitrogens is 3. The van der Waals surface area contributed by atoms with E-state index in [0.29, 0.717) is 43.8 Å². The Balaban J connectivity index is 1.57. The molecule has 8 nitrogen and oxygen atoms in total. The van der Waals surface area contributed by atoms with Crippen LogP contribution in [0, 0.1) is 5.82 Å². The topological polar surface area (TPSA) is 101 Å². The van der Waals surface area contributed by atoms with E-state index >= 15 is 0 Å². The fraction of sp³-hybridized carbons (Fsp3) is 0.296. The van der Waals surface area contributed by atoms with E-state index in [1.54, 1.807) is 49.9 Å². The number of anilines is 1. The number of ether oxygens (including phenoxy) is 1. The van der Waals surface area contributed by atoms with Crippen LogP contribution in [-0.4, -0.2) is 50.9 Å². The van der Waals surface area contributed by atoms with Gasteiger partial charge >= 0.3 is 0 Å². The SMILES string of the molecule is COc1cc(C(=O)NC2CC2)ccc1-c1cnc2c(NCC(C)(C)O)cc(Sc3cccc(F)c3)nn12. The van der Waals surface area contributed by atoms with Crippen molar-refractivity contribution in [3.05, 3.63) is 66.1 Å². The van der Waals surface area contributed by atoms with Crippen LogP contribution in [0.15, 0.2) is 64.6 Å². The molecule has 0 saturated heterocycles. The van der Waals surface area contributed by atoms with Crippen LogP contribution < -0.4 is 15.4 Å². The van der Waals surface area contributed by atoms with E-state index < -0.39 is 5.60 Å². The fourth-order valence-electron chi connectivity index (χ4n) is 3.81. The Kier molecular flexibility index (Phi) is 6.78. The average molecular weight is 522 g/mol. The van der Waals surface area contributed by atoms with Crippen LogP contribution in [0.5, 0.6) is 5.75 Å². The molecule has 1 saturated carbocycles. The summed E-state index contributed by atoms with van der Waals surface area (Å²) in [4.78, 5) is 17.8. The zero-order valence-corrected chi connectivity index (χ0v) is 21.6. The molecule has 1 amide bonds. The first kappa shape index (κ1) is 25.0. The number of nitrogens with one attached hydrogen (secondary N) is 2. The third-order valence-corrected chi connectivity index (χ3v) is 6.73. The molecule has 192 valence electrons. The monoisotopic (exact) mass is 521 g/mol. The Hall–Kier alpha value is -3.63. The molecule has 1 aliphatic carbocycles. The molecule has 3 N–H and O–H groups in total. The Morgan fingerprint density at radius 3 is 2.76 bits per heavy atom. The lowest BCUT2D eigenvalue weighted by molar-refractivity contribution is 0.0940. The number of hydrogen-bond acceptors (Lipinski definition) is 7. The molecule has 2 heterocycles. The van der Waals surface area contributed by atoms with Gasteiger partial charge in [0.25, 0.3) is 5.91 Å². The molecule has 0 spiro atoms. The summed E-state index contributed by atoms with van der Waals surface area (Å²) in [5.41, 5.74) is 2.16. The zero-order chi connectivity index (χ0) is 26.2. The Morgan fingerprint density at radius 1 is 1.24 bits per heavy atom. The molecule has 37 heavy (non-hydrogen) atoms. The Labute approximate surface area is 218 Å². The van der Waals surface area contributed by atoms with Gasteiger partial charge in [-0.2, -0.15) is 5.10 Å². The van der Waals surface area contributed by atoms with Gasteiger partial charge in [0.15, 0.2) is 5.65 Å². The molecule has 10 heteroatoms. The van der Waals surface area contributed by atoms with Crippen molar-refractivity contribution in [3.8, 4) is 17.0 Å². The standard InChI is InChI=1S/C27H28FN5O3S/c1-27(2,35)15-30-21-13-24(37-19-6-4-5-17(28)12-19)32-33-22(14-29-25(21)33)20-10-7-16(11-23(20)36-3)26(34)31-18-8-9-18/h4-7,10-14,18,30,35H,8-9,15H2,1-3H3,(H,31,34). The number of methoxy groups -OCH3 is 1. The molecular weight excluding hydrogens is 493 g/mol. The third-order valence-electron chi connectivity index (χ3n) is 5.83. The van der Waals surface area contributed by atoms with Gasteiger partial charge in [-0.15, -0.1) is 0 Å². The minimum Gasteiger partial charge on any atom is -0.496 e. The second kappa shape index (κ2) is 10.0. The van der Waals surface area contributed by atoms with Crippen molar-refractivity contribution in [3.63, 3.8) is 0 Å². The first-order chi connectivity index (χ1) is 17.7. The van der Waals surface area contributed by atoms with E-state index in [0.717, 1.165) is 12.8 Å². The normalized spacial score (nSPS) is 13.5. The summed E-state index contributed by atoms with van der Waals surface area (Å²) in [6.07, 6.45) is 3.71. The Bertz CT molecular complexity index is 1460. The van der Waals surface area contributed by atoms with Crippen molar-refractivity contribution in [1.29, 1.82) is 0 Å². The Morgan fingerprint density at radius 2 is 2.05 bits per heavy atom. The molecule has 2 aromatic heterocycles. The smallest absolute Gasteiger partial charge is 0.251 e. The summed E-state index contributed by atoms with van der Waals surface area (Å²) >= 11 is 1.31. The minimum atomic E-state index is -0.953. The van der Waals surface area contributed by atoms with Gasteiger partial charge in [-0.25, -0.2) is 13.9 Å².